The molecule has 1 aliphatic rings. The minimum absolute atomic E-state index is 0.202. The standard InChI is InChI=1S/C10H20N2O2/c1-10(2,9(13)14-4)11-8-5-6-12(3)7-8/h8,11H,5-7H2,1-4H3. The molecular weight excluding hydrogens is 180 g/mol. The van der Waals surface area contributed by atoms with Gasteiger partial charge < -0.3 is 9.64 Å². The van der Waals surface area contributed by atoms with Gasteiger partial charge in [-0.25, -0.2) is 0 Å². The van der Waals surface area contributed by atoms with Crippen LogP contribution < -0.4 is 5.32 Å². The van der Waals surface area contributed by atoms with Gasteiger partial charge in [-0.1, -0.05) is 0 Å². The van der Waals surface area contributed by atoms with Crippen LogP contribution in [0.1, 0.15) is 20.3 Å². The summed E-state index contributed by atoms with van der Waals surface area (Å²) in [6.07, 6.45) is 1.09. The van der Waals surface area contributed by atoms with Gasteiger partial charge in [0.25, 0.3) is 0 Å². The van der Waals surface area contributed by atoms with E-state index < -0.39 is 5.54 Å². The van der Waals surface area contributed by atoms with Gasteiger partial charge in [-0.3, -0.25) is 10.1 Å². The number of carbonyl (C=O) groups is 1. The number of nitrogens with zero attached hydrogens (tertiary/aromatic N) is 1. The molecule has 1 heterocycles. The van der Waals surface area contributed by atoms with Crippen LogP contribution in [-0.2, 0) is 9.53 Å². The van der Waals surface area contributed by atoms with Gasteiger partial charge in [0.05, 0.1) is 7.11 Å². The van der Waals surface area contributed by atoms with Gasteiger partial charge in [0.1, 0.15) is 5.54 Å². The Morgan fingerprint density at radius 1 is 1.57 bits per heavy atom. The number of likely N-dealkylation sites (N-methyl/N-ethyl adjacent to an activating group) is 1. The van der Waals surface area contributed by atoms with Crippen molar-refractivity contribution < 1.29 is 9.53 Å². The number of nitrogens with one attached hydrogen (secondary N) is 1. The molecule has 82 valence electrons. The summed E-state index contributed by atoms with van der Waals surface area (Å²) in [5.41, 5.74) is -0.579. The Morgan fingerprint density at radius 2 is 2.21 bits per heavy atom. The first kappa shape index (κ1) is 11.5. The molecule has 1 saturated heterocycles. The van der Waals surface area contributed by atoms with Crippen LogP contribution in [0.15, 0.2) is 0 Å². The molecule has 0 aromatic heterocycles. The first-order chi connectivity index (χ1) is 6.45. The van der Waals surface area contributed by atoms with Crippen LogP contribution in [0.25, 0.3) is 0 Å². The average molecular weight is 200 g/mol. The predicted molar refractivity (Wildman–Crippen MR) is 55.1 cm³/mol. The zero-order valence-electron chi connectivity index (χ0n) is 9.46. The monoisotopic (exact) mass is 200 g/mol. The van der Waals surface area contributed by atoms with Crippen molar-refractivity contribution in [3.8, 4) is 0 Å². The SMILES string of the molecule is COC(=O)C(C)(C)NC1CCN(C)C1. The fraction of sp³-hybridized carbons (Fsp3) is 0.900. The van der Waals surface area contributed by atoms with Crippen LogP contribution in [0.5, 0.6) is 0 Å². The number of rotatable bonds is 3. The molecule has 0 spiro atoms. The first-order valence-corrected chi connectivity index (χ1v) is 5.00. The predicted octanol–water partition coefficient (Wildman–Crippen LogP) is 0.232. The van der Waals surface area contributed by atoms with Gasteiger partial charge in [-0.05, 0) is 33.9 Å². The first-order valence-electron chi connectivity index (χ1n) is 5.00. The van der Waals surface area contributed by atoms with E-state index in [-0.39, 0.29) is 5.97 Å². The van der Waals surface area contributed by atoms with Crippen LogP contribution >= 0.6 is 0 Å². The van der Waals surface area contributed by atoms with Crippen LogP contribution in [0.2, 0.25) is 0 Å². The molecule has 14 heavy (non-hydrogen) atoms. The van der Waals surface area contributed by atoms with E-state index in [9.17, 15) is 4.79 Å². The Hall–Kier alpha value is -0.610. The summed E-state index contributed by atoms with van der Waals surface area (Å²) in [6, 6.07) is 0.397. The highest BCUT2D eigenvalue weighted by Gasteiger charge is 2.32. The maximum atomic E-state index is 11.4. The van der Waals surface area contributed by atoms with Gasteiger partial charge in [0.2, 0.25) is 0 Å². The van der Waals surface area contributed by atoms with Gasteiger partial charge in [-0.15, -0.1) is 0 Å². The molecule has 1 aliphatic heterocycles. The molecule has 0 bridgehead atoms. The number of esters is 1. The van der Waals surface area contributed by atoms with Crippen molar-refractivity contribution in [1.29, 1.82) is 0 Å². The Balaban J connectivity index is 2.46. The average Bonchev–Trinajstić information content (AvgIpc) is 2.48. The van der Waals surface area contributed by atoms with Gasteiger partial charge >= 0.3 is 5.97 Å². The lowest BCUT2D eigenvalue weighted by molar-refractivity contribution is -0.147. The molecule has 1 atom stereocenters. The number of likely N-dealkylation sites (tertiary alicyclic amines) is 1. The van der Waals surface area contributed by atoms with E-state index in [1.54, 1.807) is 0 Å². The van der Waals surface area contributed by atoms with Crippen molar-refractivity contribution in [2.45, 2.75) is 31.8 Å². The van der Waals surface area contributed by atoms with Crippen molar-refractivity contribution in [1.82, 2.24) is 10.2 Å². The molecule has 1 unspecified atom stereocenters. The van der Waals surface area contributed by atoms with E-state index in [0.717, 1.165) is 19.5 Å². The normalized spacial score (nSPS) is 23.9. The molecular formula is C10H20N2O2. The van der Waals surface area contributed by atoms with Gasteiger partial charge in [0, 0.05) is 12.6 Å². The van der Waals surface area contributed by atoms with E-state index in [4.69, 9.17) is 4.74 Å². The molecule has 0 aromatic rings. The third kappa shape index (κ3) is 2.69. The lowest BCUT2D eigenvalue weighted by atomic mass is 10.0. The minimum atomic E-state index is -0.579. The van der Waals surface area contributed by atoms with E-state index in [1.165, 1.54) is 7.11 Å². The fourth-order valence-corrected chi connectivity index (χ4v) is 1.88. The second-order valence-corrected chi connectivity index (χ2v) is 4.51. The zero-order valence-corrected chi connectivity index (χ0v) is 9.46. The molecule has 1 rings (SSSR count). The van der Waals surface area contributed by atoms with Crippen LogP contribution in [0, 0.1) is 0 Å². The van der Waals surface area contributed by atoms with E-state index in [1.807, 2.05) is 13.8 Å². The number of hydrogen-bond donors (Lipinski definition) is 1. The Bertz CT molecular complexity index is 216. The molecule has 4 heteroatoms. The summed E-state index contributed by atoms with van der Waals surface area (Å²) in [6.45, 7) is 5.81. The maximum absolute atomic E-state index is 11.4. The lowest BCUT2D eigenvalue weighted by Gasteiger charge is -2.27. The third-order valence-corrected chi connectivity index (χ3v) is 2.65. The smallest absolute Gasteiger partial charge is 0.325 e. The summed E-state index contributed by atoms with van der Waals surface area (Å²) in [4.78, 5) is 13.7. The van der Waals surface area contributed by atoms with Gasteiger partial charge in [0.15, 0.2) is 0 Å². The van der Waals surface area contributed by atoms with E-state index >= 15 is 0 Å². The van der Waals surface area contributed by atoms with Crippen molar-refractivity contribution in [2.24, 2.45) is 0 Å². The number of ether oxygens (including phenoxy) is 1. The Morgan fingerprint density at radius 3 is 2.64 bits per heavy atom. The molecule has 0 saturated carbocycles. The molecule has 0 aliphatic carbocycles. The van der Waals surface area contributed by atoms with Crippen LogP contribution in [0.3, 0.4) is 0 Å². The second kappa shape index (κ2) is 4.28. The van der Waals surface area contributed by atoms with Crippen molar-refractivity contribution in [3.05, 3.63) is 0 Å². The highest BCUT2D eigenvalue weighted by molar-refractivity contribution is 5.79. The topological polar surface area (TPSA) is 41.6 Å². The van der Waals surface area contributed by atoms with Gasteiger partial charge in [-0.2, -0.15) is 0 Å². The zero-order chi connectivity index (χ0) is 10.8. The quantitative estimate of drug-likeness (QED) is 0.662. The summed E-state index contributed by atoms with van der Waals surface area (Å²) in [5, 5.41) is 3.32. The number of hydrogen-bond acceptors (Lipinski definition) is 4. The highest BCUT2D eigenvalue weighted by atomic mass is 16.5. The van der Waals surface area contributed by atoms with Crippen molar-refractivity contribution in [3.63, 3.8) is 0 Å². The largest absolute Gasteiger partial charge is 0.468 e. The van der Waals surface area contributed by atoms with Crippen LogP contribution in [-0.4, -0.2) is 49.7 Å². The van der Waals surface area contributed by atoms with E-state index in [0.29, 0.717) is 6.04 Å². The molecule has 4 nitrogen and oxygen atoms in total. The fourth-order valence-electron chi connectivity index (χ4n) is 1.88. The Kier molecular flexibility index (Phi) is 3.50. The number of carbonyl (C=O) groups excluding carboxylic acids is 1. The van der Waals surface area contributed by atoms with Crippen molar-refractivity contribution >= 4 is 5.97 Å². The molecule has 0 amide bonds. The van der Waals surface area contributed by atoms with Crippen molar-refractivity contribution in [2.75, 3.05) is 27.2 Å². The molecule has 0 radical (unpaired) electrons. The summed E-state index contributed by atoms with van der Waals surface area (Å²) >= 11 is 0. The maximum Gasteiger partial charge on any atom is 0.325 e. The third-order valence-electron chi connectivity index (χ3n) is 2.65. The Labute approximate surface area is 85.6 Å². The van der Waals surface area contributed by atoms with Crippen LogP contribution in [0.4, 0.5) is 0 Å². The lowest BCUT2D eigenvalue weighted by Crippen LogP contribution is -2.52. The summed E-state index contributed by atoms with van der Waals surface area (Å²) in [5.74, 6) is -0.202. The summed E-state index contributed by atoms with van der Waals surface area (Å²) in [7, 11) is 3.51. The molecule has 1 fully saturated rings. The second-order valence-electron chi connectivity index (χ2n) is 4.51. The minimum Gasteiger partial charge on any atom is -0.468 e. The summed E-state index contributed by atoms with van der Waals surface area (Å²) < 4.78 is 4.74. The highest BCUT2D eigenvalue weighted by Crippen LogP contribution is 2.12. The molecule has 1 N–H and O–H groups in total. The number of methoxy groups -OCH3 is 1. The van der Waals surface area contributed by atoms with E-state index in [2.05, 4.69) is 17.3 Å². The molecule has 0 aromatic carbocycles.